The van der Waals surface area contributed by atoms with E-state index in [0.717, 1.165) is 29.3 Å². The number of piperazine rings is 1. The molecule has 0 radical (unpaired) electrons. The van der Waals surface area contributed by atoms with E-state index >= 15 is 0 Å². The molecule has 1 saturated heterocycles. The van der Waals surface area contributed by atoms with Gasteiger partial charge in [0.1, 0.15) is 5.82 Å². The molecule has 1 saturated carbocycles. The van der Waals surface area contributed by atoms with E-state index in [1.165, 1.54) is 24.0 Å². The highest BCUT2D eigenvalue weighted by atomic mass is 79.9. The molecule has 1 aliphatic heterocycles. The second-order valence-corrected chi connectivity index (χ2v) is 8.38. The molecule has 1 aromatic carbocycles. The van der Waals surface area contributed by atoms with Gasteiger partial charge < -0.3 is 9.80 Å². The molecular formula is C20H21BrClN3O. The minimum atomic E-state index is 0.0435. The van der Waals surface area contributed by atoms with Crippen LogP contribution in [0.3, 0.4) is 0 Å². The predicted molar refractivity (Wildman–Crippen MR) is 108 cm³/mol. The fourth-order valence-corrected chi connectivity index (χ4v) is 4.37. The number of rotatable bonds is 3. The lowest BCUT2D eigenvalue weighted by molar-refractivity contribution is 0.0745. The van der Waals surface area contributed by atoms with Gasteiger partial charge in [-0.3, -0.25) is 4.79 Å². The summed E-state index contributed by atoms with van der Waals surface area (Å²) in [6, 6.07) is 7.58. The van der Waals surface area contributed by atoms with Gasteiger partial charge in [-0.1, -0.05) is 17.7 Å². The zero-order valence-electron chi connectivity index (χ0n) is 14.7. The Balaban J connectivity index is 1.43. The summed E-state index contributed by atoms with van der Waals surface area (Å²) in [6.07, 6.45) is 4.62. The van der Waals surface area contributed by atoms with Crippen molar-refractivity contribution in [1.29, 1.82) is 0 Å². The number of hydrogen-bond acceptors (Lipinski definition) is 3. The molecule has 136 valence electrons. The van der Waals surface area contributed by atoms with Gasteiger partial charge in [0.2, 0.25) is 0 Å². The maximum atomic E-state index is 12.8. The highest BCUT2D eigenvalue weighted by Crippen LogP contribution is 2.40. The van der Waals surface area contributed by atoms with E-state index in [4.69, 9.17) is 16.6 Å². The third kappa shape index (κ3) is 3.60. The first-order valence-electron chi connectivity index (χ1n) is 8.99. The highest BCUT2D eigenvalue weighted by Gasteiger charge is 2.27. The number of benzene rings is 1. The van der Waals surface area contributed by atoms with Gasteiger partial charge in [-0.15, -0.1) is 0 Å². The molecule has 0 unspecified atom stereocenters. The minimum Gasteiger partial charge on any atom is -0.353 e. The maximum absolute atomic E-state index is 12.8. The second kappa shape index (κ2) is 7.20. The van der Waals surface area contributed by atoms with E-state index in [9.17, 15) is 4.79 Å². The van der Waals surface area contributed by atoms with E-state index in [-0.39, 0.29) is 5.91 Å². The lowest BCUT2D eigenvalue weighted by Gasteiger charge is -2.36. The van der Waals surface area contributed by atoms with Crippen LogP contribution in [0.25, 0.3) is 0 Å². The van der Waals surface area contributed by atoms with Gasteiger partial charge in [0.05, 0.1) is 5.56 Å². The topological polar surface area (TPSA) is 36.4 Å². The van der Waals surface area contributed by atoms with E-state index in [1.807, 2.05) is 11.1 Å². The third-order valence-corrected chi connectivity index (χ3v) is 6.04. The number of halogens is 2. The standard InChI is InChI=1S/C20H21BrClN3O/c1-13-10-15(14-2-3-14)12-23-19(13)24-6-8-25(9-7-24)20(26)17-5-4-16(22)11-18(17)21/h4-5,10-12,14H,2-3,6-9H2,1H3. The van der Waals surface area contributed by atoms with Crippen LogP contribution < -0.4 is 4.90 Å². The Kier molecular flexibility index (Phi) is 4.93. The third-order valence-electron chi connectivity index (χ3n) is 5.15. The molecule has 2 aliphatic rings. The largest absolute Gasteiger partial charge is 0.353 e. The number of anilines is 1. The van der Waals surface area contributed by atoms with Gasteiger partial charge in [-0.2, -0.15) is 0 Å². The molecule has 0 bridgehead atoms. The molecule has 1 amide bonds. The van der Waals surface area contributed by atoms with Crippen molar-refractivity contribution in [2.45, 2.75) is 25.7 Å². The summed E-state index contributed by atoms with van der Waals surface area (Å²) in [7, 11) is 0. The summed E-state index contributed by atoms with van der Waals surface area (Å²) in [5.74, 6) is 1.82. The molecule has 4 rings (SSSR count). The molecule has 4 nitrogen and oxygen atoms in total. The van der Waals surface area contributed by atoms with Gasteiger partial charge >= 0.3 is 0 Å². The Hall–Kier alpha value is -1.59. The van der Waals surface area contributed by atoms with Gasteiger partial charge in [-0.05, 0) is 70.9 Å². The van der Waals surface area contributed by atoms with E-state index < -0.39 is 0 Å². The van der Waals surface area contributed by atoms with E-state index in [2.05, 4.69) is 33.8 Å². The molecular weight excluding hydrogens is 414 g/mol. The molecule has 0 atom stereocenters. The molecule has 2 heterocycles. The minimum absolute atomic E-state index is 0.0435. The van der Waals surface area contributed by atoms with Crippen LogP contribution in [0, 0.1) is 6.92 Å². The fourth-order valence-electron chi connectivity index (χ4n) is 3.51. The summed E-state index contributed by atoms with van der Waals surface area (Å²) < 4.78 is 0.741. The number of aromatic nitrogens is 1. The van der Waals surface area contributed by atoms with Crippen LogP contribution in [0.5, 0.6) is 0 Å². The molecule has 1 aliphatic carbocycles. The Morgan fingerprint density at radius 1 is 1.19 bits per heavy atom. The average Bonchev–Trinajstić information content (AvgIpc) is 3.46. The number of nitrogens with zero attached hydrogens (tertiary/aromatic N) is 3. The van der Waals surface area contributed by atoms with Crippen LogP contribution in [0.1, 0.15) is 40.2 Å². The number of aryl methyl sites for hydroxylation is 1. The van der Waals surface area contributed by atoms with Crippen molar-refractivity contribution >= 4 is 39.3 Å². The number of pyridine rings is 1. The van der Waals surface area contributed by atoms with Crippen molar-refractivity contribution in [3.05, 3.63) is 56.6 Å². The van der Waals surface area contributed by atoms with Crippen LogP contribution in [0.4, 0.5) is 5.82 Å². The van der Waals surface area contributed by atoms with Crippen molar-refractivity contribution in [3.63, 3.8) is 0 Å². The number of carbonyl (C=O) groups excluding carboxylic acids is 1. The highest BCUT2D eigenvalue weighted by molar-refractivity contribution is 9.10. The summed E-state index contributed by atoms with van der Waals surface area (Å²) in [4.78, 5) is 21.7. The predicted octanol–water partition coefficient (Wildman–Crippen LogP) is 4.65. The summed E-state index contributed by atoms with van der Waals surface area (Å²) in [5.41, 5.74) is 3.26. The lowest BCUT2D eigenvalue weighted by atomic mass is 10.1. The first kappa shape index (κ1) is 17.8. The molecule has 6 heteroatoms. The SMILES string of the molecule is Cc1cc(C2CC2)cnc1N1CCN(C(=O)c2ccc(Cl)cc2Br)CC1. The van der Waals surface area contributed by atoms with Crippen molar-refractivity contribution in [2.24, 2.45) is 0 Å². The van der Waals surface area contributed by atoms with Gasteiger partial charge in [0.25, 0.3) is 5.91 Å². The Morgan fingerprint density at radius 3 is 2.54 bits per heavy atom. The van der Waals surface area contributed by atoms with Crippen LogP contribution in [0.2, 0.25) is 5.02 Å². The van der Waals surface area contributed by atoms with Crippen molar-refractivity contribution in [1.82, 2.24) is 9.88 Å². The monoisotopic (exact) mass is 433 g/mol. The molecule has 26 heavy (non-hydrogen) atoms. The quantitative estimate of drug-likeness (QED) is 0.706. The van der Waals surface area contributed by atoms with Crippen molar-refractivity contribution < 1.29 is 4.79 Å². The van der Waals surface area contributed by atoms with E-state index in [0.29, 0.717) is 23.7 Å². The Labute approximate surface area is 167 Å². The van der Waals surface area contributed by atoms with Gasteiger partial charge in [0.15, 0.2) is 0 Å². The Bertz CT molecular complexity index is 845. The van der Waals surface area contributed by atoms with Gasteiger partial charge in [-0.25, -0.2) is 4.98 Å². The van der Waals surface area contributed by atoms with Crippen LogP contribution in [0.15, 0.2) is 34.9 Å². The maximum Gasteiger partial charge on any atom is 0.255 e. The smallest absolute Gasteiger partial charge is 0.255 e. The van der Waals surface area contributed by atoms with Crippen molar-refractivity contribution in [2.75, 3.05) is 31.1 Å². The average molecular weight is 435 g/mol. The first-order valence-corrected chi connectivity index (χ1v) is 10.2. The number of amides is 1. The second-order valence-electron chi connectivity index (χ2n) is 7.09. The van der Waals surface area contributed by atoms with Crippen LogP contribution in [-0.4, -0.2) is 42.0 Å². The summed E-state index contributed by atoms with van der Waals surface area (Å²) in [6.45, 7) is 5.12. The lowest BCUT2D eigenvalue weighted by Crippen LogP contribution is -2.49. The van der Waals surface area contributed by atoms with Crippen molar-refractivity contribution in [3.8, 4) is 0 Å². The number of hydrogen-bond donors (Lipinski definition) is 0. The summed E-state index contributed by atoms with van der Waals surface area (Å²) in [5, 5.41) is 0.620. The first-order chi connectivity index (χ1) is 12.5. The van der Waals surface area contributed by atoms with E-state index in [1.54, 1.807) is 18.2 Å². The zero-order chi connectivity index (χ0) is 18.3. The number of carbonyl (C=O) groups is 1. The van der Waals surface area contributed by atoms with Gasteiger partial charge in [0, 0.05) is 41.9 Å². The van der Waals surface area contributed by atoms with Crippen LogP contribution >= 0.6 is 27.5 Å². The fraction of sp³-hybridized carbons (Fsp3) is 0.400. The normalized spacial score (nSPS) is 17.5. The summed E-state index contributed by atoms with van der Waals surface area (Å²) >= 11 is 9.42. The van der Waals surface area contributed by atoms with Crippen LogP contribution in [-0.2, 0) is 0 Å². The molecule has 0 N–H and O–H groups in total. The molecule has 0 spiro atoms. The zero-order valence-corrected chi connectivity index (χ0v) is 17.1. The molecule has 2 aromatic rings. The Morgan fingerprint density at radius 2 is 1.92 bits per heavy atom. The molecule has 2 fully saturated rings. The molecule has 1 aromatic heterocycles.